The summed E-state index contributed by atoms with van der Waals surface area (Å²) in [6.45, 7) is 5.73. The lowest BCUT2D eigenvalue weighted by atomic mass is 9.98. The molecule has 352 valence electrons. The minimum Gasteiger partial charge on any atom is -0.493 e. The first-order valence-corrected chi connectivity index (χ1v) is 25.6. The summed E-state index contributed by atoms with van der Waals surface area (Å²) in [5.41, 5.74) is 11.6. The van der Waals surface area contributed by atoms with Crippen LogP contribution >= 0.6 is 0 Å². The average Bonchev–Trinajstić information content (AvgIpc) is 3.74. The molecule has 8 nitrogen and oxygen atoms in total. The summed E-state index contributed by atoms with van der Waals surface area (Å²) in [4.78, 5) is 4.54. The molecule has 4 aliphatic heterocycles. The van der Waals surface area contributed by atoms with Gasteiger partial charge in [0, 0.05) is 23.3 Å². The van der Waals surface area contributed by atoms with Crippen LogP contribution in [-0.2, 0) is 0 Å². The molecule has 0 spiro atoms. The molecule has 2 aliphatic carbocycles. The lowest BCUT2D eigenvalue weighted by molar-refractivity contribution is 0.305. The fourth-order valence-electron chi connectivity index (χ4n) is 10.5. The highest BCUT2D eigenvalue weighted by Crippen LogP contribution is 2.63. The van der Waals surface area contributed by atoms with E-state index in [-0.39, 0.29) is 0 Å². The number of para-hydroxylation sites is 6. The van der Waals surface area contributed by atoms with Crippen molar-refractivity contribution in [1.82, 2.24) is 0 Å². The van der Waals surface area contributed by atoms with Crippen molar-refractivity contribution in [3.05, 3.63) is 146 Å². The molecular formula is C62H58N2O6. The van der Waals surface area contributed by atoms with Gasteiger partial charge in [-0.25, -0.2) is 0 Å². The number of hydrogen-bond donors (Lipinski definition) is 0. The number of benzene rings is 6. The normalized spacial score (nSPS) is 13.1. The zero-order valence-electron chi connectivity index (χ0n) is 40.1. The lowest BCUT2D eigenvalue weighted by Crippen LogP contribution is -2.20. The van der Waals surface area contributed by atoms with Crippen molar-refractivity contribution in [3.63, 3.8) is 0 Å². The summed E-state index contributed by atoms with van der Waals surface area (Å²) in [7, 11) is 0. The molecular weight excluding hydrogens is 869 g/mol. The summed E-state index contributed by atoms with van der Waals surface area (Å²) in [5, 5.41) is 0. The predicted molar refractivity (Wildman–Crippen MR) is 281 cm³/mol. The highest BCUT2D eigenvalue weighted by molar-refractivity contribution is 5.98. The largest absolute Gasteiger partial charge is 0.493 e. The van der Waals surface area contributed by atoms with Crippen molar-refractivity contribution in [1.29, 1.82) is 0 Å². The van der Waals surface area contributed by atoms with E-state index in [4.69, 9.17) is 28.4 Å². The molecule has 8 heteroatoms. The minimum absolute atomic E-state index is 0.602. The van der Waals surface area contributed by atoms with Crippen LogP contribution in [0.1, 0.15) is 90.9 Å². The monoisotopic (exact) mass is 926 g/mol. The SMILES string of the molecule is CCCCCCCCOc1cc2c(cc1-c1cc3cccc-3cc(-c3cc4c(cc3OCCCCCCCC)N3c5ccccc5Oc5cccc(c53)O4)c1)Oc1cccc3c1N2c1ccccc1O3. The van der Waals surface area contributed by atoms with Gasteiger partial charge < -0.3 is 28.4 Å². The van der Waals surface area contributed by atoms with Crippen molar-refractivity contribution in [2.45, 2.75) is 90.9 Å². The van der Waals surface area contributed by atoms with Crippen molar-refractivity contribution in [3.8, 4) is 90.9 Å². The molecule has 0 saturated carbocycles. The third kappa shape index (κ3) is 8.09. The smallest absolute Gasteiger partial charge is 0.155 e. The highest BCUT2D eigenvalue weighted by atomic mass is 16.5. The molecule has 6 aromatic carbocycles. The maximum Gasteiger partial charge on any atom is 0.155 e. The van der Waals surface area contributed by atoms with E-state index in [1.165, 1.54) is 51.4 Å². The minimum atomic E-state index is 0.602. The van der Waals surface area contributed by atoms with E-state index in [0.29, 0.717) is 13.2 Å². The van der Waals surface area contributed by atoms with Crippen LogP contribution < -0.4 is 38.2 Å². The van der Waals surface area contributed by atoms with E-state index < -0.39 is 0 Å². The van der Waals surface area contributed by atoms with Gasteiger partial charge in [-0.3, -0.25) is 9.80 Å². The molecule has 0 saturated heterocycles. The Labute approximate surface area is 411 Å². The summed E-state index contributed by atoms with van der Waals surface area (Å²) >= 11 is 0. The van der Waals surface area contributed by atoms with Crippen LogP contribution in [0.4, 0.5) is 34.1 Å². The van der Waals surface area contributed by atoms with Crippen LogP contribution in [0, 0.1) is 0 Å². The van der Waals surface area contributed by atoms with Gasteiger partial charge in [-0.05, 0) is 114 Å². The van der Waals surface area contributed by atoms with E-state index in [9.17, 15) is 0 Å². The van der Waals surface area contributed by atoms with Gasteiger partial charge in [0.05, 0.1) is 36.0 Å². The molecule has 0 fully saturated rings. The maximum atomic E-state index is 6.98. The Morgan fingerprint density at radius 3 is 1.16 bits per heavy atom. The zero-order valence-corrected chi connectivity index (χ0v) is 40.1. The molecule has 0 aromatic heterocycles. The zero-order chi connectivity index (χ0) is 47.0. The molecule has 0 radical (unpaired) electrons. The summed E-state index contributed by atoms with van der Waals surface area (Å²) < 4.78 is 40.6. The Kier molecular flexibility index (Phi) is 11.9. The molecule has 12 rings (SSSR count). The van der Waals surface area contributed by atoms with Crippen LogP contribution in [0.3, 0.4) is 0 Å². The van der Waals surface area contributed by atoms with Crippen molar-refractivity contribution >= 4 is 34.1 Å². The molecule has 0 atom stereocenters. The third-order valence-corrected chi connectivity index (χ3v) is 14.0. The van der Waals surface area contributed by atoms with Gasteiger partial charge >= 0.3 is 0 Å². The number of nitrogens with zero attached hydrogens (tertiary/aromatic N) is 2. The molecule has 0 unspecified atom stereocenters. The first-order valence-electron chi connectivity index (χ1n) is 25.6. The Bertz CT molecular complexity index is 2990. The van der Waals surface area contributed by atoms with E-state index in [1.807, 2.05) is 60.7 Å². The second-order valence-corrected chi connectivity index (χ2v) is 18.9. The first-order chi connectivity index (χ1) is 34.6. The van der Waals surface area contributed by atoms with Gasteiger partial charge in [-0.1, -0.05) is 133 Å². The number of ether oxygens (including phenoxy) is 6. The molecule has 70 heavy (non-hydrogen) atoms. The average molecular weight is 927 g/mol. The second kappa shape index (κ2) is 19.1. The predicted octanol–water partition coefficient (Wildman–Crippen LogP) is 19.0. The Balaban J connectivity index is 0.999. The number of hydrogen-bond acceptors (Lipinski definition) is 8. The van der Waals surface area contributed by atoms with Crippen LogP contribution in [0.25, 0.3) is 33.4 Å². The molecule has 0 N–H and O–H groups in total. The van der Waals surface area contributed by atoms with E-state index >= 15 is 0 Å². The Morgan fingerprint density at radius 2 is 0.700 bits per heavy atom. The highest BCUT2D eigenvalue weighted by Gasteiger charge is 2.37. The van der Waals surface area contributed by atoms with Gasteiger partial charge in [0.2, 0.25) is 0 Å². The summed E-state index contributed by atoms with van der Waals surface area (Å²) in [6, 6.07) is 50.5. The molecule has 6 aliphatic rings. The number of rotatable bonds is 18. The summed E-state index contributed by atoms with van der Waals surface area (Å²) in [5.74, 6) is 7.64. The number of fused-ring (bicyclic) bond motifs is 9. The van der Waals surface area contributed by atoms with Crippen LogP contribution in [0.2, 0.25) is 0 Å². The lowest BCUT2D eigenvalue weighted by Gasteiger charge is -2.38. The van der Waals surface area contributed by atoms with Crippen LogP contribution in [0.5, 0.6) is 57.5 Å². The molecule has 0 bridgehead atoms. The summed E-state index contributed by atoms with van der Waals surface area (Å²) in [6.07, 6.45) is 14.1. The first kappa shape index (κ1) is 43.7. The fraction of sp³-hybridized carbons (Fsp3) is 0.258. The van der Waals surface area contributed by atoms with Crippen molar-refractivity contribution in [2.24, 2.45) is 0 Å². The standard InChI is InChI=1S/C62H58N2O6/c1-3-5-7-9-11-17-32-65-57-39-49-59(69-55-30-20-28-53-61(55)63(49)47-24-13-15-26-51(47)67-53)37-45(57)43-34-41-22-19-23-42(41)35-44(36-43)46-38-60-50(40-58(46)66-33-18-12-10-8-6-4-2)64-48-25-14-16-27-52(48)68-54-29-21-31-56(70-60)62(54)64/h13-16,19-31,34-40H,3-12,17-18,32-33H2,1-2H3. The number of unbranched alkanes of at least 4 members (excludes halogenated alkanes) is 10. The van der Waals surface area contributed by atoms with Gasteiger partial charge in [-0.15, -0.1) is 0 Å². The van der Waals surface area contributed by atoms with Crippen molar-refractivity contribution < 1.29 is 28.4 Å². The van der Waals surface area contributed by atoms with E-state index in [2.05, 4.69) is 109 Å². The molecule has 6 aromatic rings. The van der Waals surface area contributed by atoms with Gasteiger partial charge in [0.1, 0.15) is 22.9 Å². The van der Waals surface area contributed by atoms with E-state index in [0.717, 1.165) is 151 Å². The van der Waals surface area contributed by atoms with Gasteiger partial charge in [0.25, 0.3) is 0 Å². The third-order valence-electron chi connectivity index (χ3n) is 14.0. The fourth-order valence-corrected chi connectivity index (χ4v) is 10.5. The quantitative estimate of drug-likeness (QED) is 0.0789. The molecule has 4 heterocycles. The second-order valence-electron chi connectivity index (χ2n) is 18.9. The Morgan fingerprint density at radius 1 is 0.329 bits per heavy atom. The Hall–Kier alpha value is -7.58. The maximum absolute atomic E-state index is 6.98. The van der Waals surface area contributed by atoms with Crippen LogP contribution in [-0.4, -0.2) is 13.2 Å². The van der Waals surface area contributed by atoms with Gasteiger partial charge in [0.15, 0.2) is 46.0 Å². The topological polar surface area (TPSA) is 61.9 Å². The van der Waals surface area contributed by atoms with E-state index in [1.54, 1.807) is 0 Å². The van der Waals surface area contributed by atoms with Crippen molar-refractivity contribution in [2.75, 3.05) is 23.0 Å². The molecule has 0 amide bonds. The number of anilines is 6. The van der Waals surface area contributed by atoms with Crippen LogP contribution in [0.15, 0.2) is 146 Å². The van der Waals surface area contributed by atoms with Gasteiger partial charge in [-0.2, -0.15) is 0 Å².